The molecule has 0 fully saturated rings. The number of ether oxygens (including phenoxy) is 2. The second-order valence-corrected chi connectivity index (χ2v) is 7.45. The largest absolute Gasteiger partial charge is 0.461 e. The molecule has 0 saturated carbocycles. The van der Waals surface area contributed by atoms with Gasteiger partial charge in [0.25, 0.3) is 0 Å². The zero-order chi connectivity index (χ0) is 19.7. The van der Waals surface area contributed by atoms with E-state index in [-0.39, 0.29) is 12.6 Å². The summed E-state index contributed by atoms with van der Waals surface area (Å²) < 4.78 is 10.1. The Morgan fingerprint density at radius 3 is 2.50 bits per heavy atom. The van der Waals surface area contributed by atoms with E-state index >= 15 is 0 Å². The molecular formula is C22H16O5S. The van der Waals surface area contributed by atoms with Crippen molar-refractivity contribution in [1.29, 1.82) is 0 Å². The fraction of sp³-hybridized carbons (Fsp3) is 0.136. The van der Waals surface area contributed by atoms with Gasteiger partial charge >= 0.3 is 17.9 Å². The fourth-order valence-electron chi connectivity index (χ4n) is 3.21. The average molecular weight is 392 g/mol. The van der Waals surface area contributed by atoms with Gasteiger partial charge in [0.15, 0.2) is 0 Å². The molecular weight excluding hydrogens is 376 g/mol. The molecule has 0 spiro atoms. The van der Waals surface area contributed by atoms with Crippen LogP contribution in [0.2, 0.25) is 0 Å². The molecule has 4 rings (SSSR count). The van der Waals surface area contributed by atoms with Gasteiger partial charge < -0.3 is 9.47 Å². The predicted octanol–water partition coefficient (Wildman–Crippen LogP) is 4.41. The van der Waals surface area contributed by atoms with E-state index in [1.807, 2.05) is 31.2 Å². The molecule has 1 aliphatic heterocycles. The number of thioether (sulfide) groups is 1. The molecule has 0 atom stereocenters. The number of hydrogen-bond acceptors (Lipinski definition) is 6. The van der Waals surface area contributed by atoms with Gasteiger partial charge in [-0.25, -0.2) is 14.4 Å². The van der Waals surface area contributed by atoms with Crippen LogP contribution >= 0.6 is 11.8 Å². The molecule has 140 valence electrons. The number of carbonyl (C=O) groups excluding carboxylic acids is 3. The lowest BCUT2D eigenvalue weighted by molar-refractivity contribution is 0.0390. The quantitative estimate of drug-likeness (QED) is 0.277. The van der Waals surface area contributed by atoms with Crippen molar-refractivity contribution in [3.05, 3.63) is 76.9 Å². The SMILES string of the molecule is Cc1ccccc1C(=O)OCCSc1ccc2c3c(cccc13)C(=O)OC2=O. The molecule has 0 bridgehead atoms. The third kappa shape index (κ3) is 3.27. The Morgan fingerprint density at radius 1 is 0.964 bits per heavy atom. The minimum Gasteiger partial charge on any atom is -0.461 e. The van der Waals surface area contributed by atoms with Crippen molar-refractivity contribution >= 4 is 40.4 Å². The Morgan fingerprint density at radius 2 is 1.71 bits per heavy atom. The third-order valence-corrected chi connectivity index (χ3v) is 5.60. The summed E-state index contributed by atoms with van der Waals surface area (Å²) in [5.41, 5.74) is 2.22. The molecule has 5 nitrogen and oxygen atoms in total. The van der Waals surface area contributed by atoms with Gasteiger partial charge in [0.1, 0.15) is 6.61 Å². The van der Waals surface area contributed by atoms with Crippen LogP contribution in [0.15, 0.2) is 59.5 Å². The molecule has 28 heavy (non-hydrogen) atoms. The molecule has 1 heterocycles. The number of benzene rings is 3. The van der Waals surface area contributed by atoms with E-state index in [1.165, 1.54) is 11.8 Å². The van der Waals surface area contributed by atoms with Crippen molar-refractivity contribution in [2.24, 2.45) is 0 Å². The van der Waals surface area contributed by atoms with Crippen LogP contribution in [0.4, 0.5) is 0 Å². The molecule has 3 aromatic carbocycles. The highest BCUT2D eigenvalue weighted by atomic mass is 32.2. The van der Waals surface area contributed by atoms with Crippen molar-refractivity contribution in [1.82, 2.24) is 0 Å². The maximum atomic E-state index is 12.2. The molecule has 0 amide bonds. The maximum Gasteiger partial charge on any atom is 0.346 e. The predicted molar refractivity (Wildman–Crippen MR) is 106 cm³/mol. The highest BCUT2D eigenvalue weighted by Gasteiger charge is 2.27. The van der Waals surface area contributed by atoms with Crippen LogP contribution in [-0.2, 0) is 9.47 Å². The molecule has 1 aliphatic rings. The summed E-state index contributed by atoms with van der Waals surface area (Å²) in [4.78, 5) is 37.1. The van der Waals surface area contributed by atoms with E-state index in [9.17, 15) is 14.4 Å². The van der Waals surface area contributed by atoms with E-state index in [2.05, 4.69) is 0 Å². The summed E-state index contributed by atoms with van der Waals surface area (Å²) in [5.74, 6) is -1.05. The van der Waals surface area contributed by atoms with Crippen molar-refractivity contribution in [2.45, 2.75) is 11.8 Å². The Bertz CT molecular complexity index is 1100. The highest BCUT2D eigenvalue weighted by Crippen LogP contribution is 2.35. The van der Waals surface area contributed by atoms with Gasteiger partial charge in [-0.2, -0.15) is 0 Å². The summed E-state index contributed by atoms with van der Waals surface area (Å²) >= 11 is 1.51. The van der Waals surface area contributed by atoms with Crippen LogP contribution < -0.4 is 0 Å². The summed E-state index contributed by atoms with van der Waals surface area (Å²) in [5, 5.41) is 1.43. The second kappa shape index (κ2) is 7.48. The van der Waals surface area contributed by atoms with Crippen molar-refractivity contribution in [3.63, 3.8) is 0 Å². The smallest absolute Gasteiger partial charge is 0.346 e. The molecule has 3 aromatic rings. The fourth-order valence-corrected chi connectivity index (χ4v) is 4.08. The van der Waals surface area contributed by atoms with E-state index in [1.54, 1.807) is 30.3 Å². The number of carbonyl (C=O) groups is 3. The number of hydrogen-bond donors (Lipinski definition) is 0. The number of rotatable bonds is 5. The van der Waals surface area contributed by atoms with Crippen molar-refractivity contribution in [3.8, 4) is 0 Å². The van der Waals surface area contributed by atoms with E-state index in [4.69, 9.17) is 9.47 Å². The lowest BCUT2D eigenvalue weighted by Gasteiger charge is -2.17. The van der Waals surface area contributed by atoms with Gasteiger partial charge in [-0.05, 0) is 42.1 Å². The first-order valence-corrected chi connectivity index (χ1v) is 9.72. The van der Waals surface area contributed by atoms with E-state index in [0.717, 1.165) is 15.8 Å². The van der Waals surface area contributed by atoms with Crippen LogP contribution in [0.25, 0.3) is 10.8 Å². The van der Waals surface area contributed by atoms with Crippen LogP contribution in [0.1, 0.15) is 36.6 Å². The minimum atomic E-state index is -0.627. The second-order valence-electron chi connectivity index (χ2n) is 6.32. The Hall–Kier alpha value is -3.12. The van der Waals surface area contributed by atoms with Gasteiger partial charge in [0.05, 0.1) is 16.7 Å². The Kier molecular flexibility index (Phi) is 4.88. The lowest BCUT2D eigenvalue weighted by atomic mass is 9.97. The molecule has 0 N–H and O–H groups in total. The monoisotopic (exact) mass is 392 g/mol. The highest BCUT2D eigenvalue weighted by molar-refractivity contribution is 7.99. The summed E-state index contributed by atoms with van der Waals surface area (Å²) in [6.07, 6.45) is 0. The molecule has 0 aliphatic carbocycles. The topological polar surface area (TPSA) is 69.7 Å². The van der Waals surface area contributed by atoms with Crippen LogP contribution in [-0.4, -0.2) is 30.3 Å². The van der Waals surface area contributed by atoms with Crippen LogP contribution in [0.5, 0.6) is 0 Å². The number of esters is 3. The van der Waals surface area contributed by atoms with Gasteiger partial charge in [-0.1, -0.05) is 30.3 Å². The van der Waals surface area contributed by atoms with E-state index in [0.29, 0.717) is 27.8 Å². The average Bonchev–Trinajstić information content (AvgIpc) is 2.70. The first-order chi connectivity index (χ1) is 13.6. The zero-order valence-corrected chi connectivity index (χ0v) is 15.9. The first kappa shape index (κ1) is 18.3. The molecule has 6 heteroatoms. The van der Waals surface area contributed by atoms with Gasteiger partial charge in [-0.3, -0.25) is 0 Å². The van der Waals surface area contributed by atoms with Crippen molar-refractivity contribution < 1.29 is 23.9 Å². The molecule has 0 aromatic heterocycles. The Labute approximate surface area is 165 Å². The van der Waals surface area contributed by atoms with E-state index < -0.39 is 11.9 Å². The normalized spacial score (nSPS) is 12.8. The number of cyclic esters (lactones) is 2. The summed E-state index contributed by atoms with van der Waals surface area (Å²) in [7, 11) is 0. The minimum absolute atomic E-state index is 0.252. The third-order valence-electron chi connectivity index (χ3n) is 4.56. The standard InChI is InChI=1S/C22H16O5S/c1-13-5-2-3-6-14(13)20(23)26-11-12-28-18-10-9-17-19-15(18)7-4-8-16(19)21(24)27-22(17)25/h2-10H,11-12H2,1H3. The van der Waals surface area contributed by atoms with Crippen molar-refractivity contribution in [2.75, 3.05) is 12.4 Å². The number of aryl methyl sites for hydroxylation is 1. The zero-order valence-electron chi connectivity index (χ0n) is 15.1. The van der Waals surface area contributed by atoms with Gasteiger partial charge in [0, 0.05) is 16.0 Å². The lowest BCUT2D eigenvalue weighted by Crippen LogP contribution is -2.19. The Balaban J connectivity index is 1.49. The maximum absolute atomic E-state index is 12.2. The van der Waals surface area contributed by atoms with Crippen LogP contribution in [0, 0.1) is 6.92 Å². The van der Waals surface area contributed by atoms with Crippen LogP contribution in [0.3, 0.4) is 0 Å². The summed E-state index contributed by atoms with van der Waals surface area (Å²) in [6, 6.07) is 16.1. The summed E-state index contributed by atoms with van der Waals surface area (Å²) in [6.45, 7) is 2.12. The molecule has 0 radical (unpaired) electrons. The van der Waals surface area contributed by atoms with Gasteiger partial charge in [0.2, 0.25) is 0 Å². The first-order valence-electron chi connectivity index (χ1n) is 8.74. The molecule has 0 unspecified atom stereocenters. The van der Waals surface area contributed by atoms with Gasteiger partial charge in [-0.15, -0.1) is 11.8 Å². The molecule has 0 saturated heterocycles.